The van der Waals surface area contributed by atoms with Gasteiger partial charge in [-0.3, -0.25) is 4.79 Å². The minimum absolute atomic E-state index is 0.00405. The van der Waals surface area contributed by atoms with Crippen molar-refractivity contribution >= 4 is 16.9 Å². The molecule has 0 unspecified atom stereocenters. The first kappa shape index (κ1) is 12.7. The third-order valence-electron chi connectivity index (χ3n) is 1.72. The summed E-state index contributed by atoms with van der Waals surface area (Å²) < 4.78 is 24.7. The SMILES string of the molecule is CC(=O)SCC#Cc1cccc(C(F)F)c1. The summed E-state index contributed by atoms with van der Waals surface area (Å²) in [4.78, 5) is 10.6. The van der Waals surface area contributed by atoms with E-state index in [1.807, 2.05) is 0 Å². The Balaban J connectivity index is 2.66. The van der Waals surface area contributed by atoms with Crippen LogP contribution in [0.2, 0.25) is 0 Å². The summed E-state index contributed by atoms with van der Waals surface area (Å²) in [5.41, 5.74) is 0.507. The molecule has 0 fully saturated rings. The van der Waals surface area contributed by atoms with Crippen LogP contribution in [-0.2, 0) is 4.79 Å². The molecule has 0 atom stereocenters. The first-order valence-electron chi connectivity index (χ1n) is 4.60. The number of rotatable bonds is 2. The van der Waals surface area contributed by atoms with Crippen LogP contribution in [0.5, 0.6) is 0 Å². The standard InChI is InChI=1S/C12H10F2OS/c1-9(15)16-7-3-5-10-4-2-6-11(8-10)12(13)14/h2,4,6,8,12H,7H2,1H3. The Hall–Kier alpha value is -1.34. The van der Waals surface area contributed by atoms with Crippen LogP contribution >= 0.6 is 11.8 Å². The van der Waals surface area contributed by atoms with Crippen LogP contribution in [0.1, 0.15) is 24.5 Å². The molecule has 0 radical (unpaired) electrons. The van der Waals surface area contributed by atoms with E-state index in [2.05, 4.69) is 11.8 Å². The molecule has 1 nitrogen and oxygen atoms in total. The van der Waals surface area contributed by atoms with Gasteiger partial charge in [-0.2, -0.15) is 0 Å². The highest BCUT2D eigenvalue weighted by molar-refractivity contribution is 8.13. The van der Waals surface area contributed by atoms with Gasteiger partial charge >= 0.3 is 0 Å². The molecule has 0 amide bonds. The maximum absolute atomic E-state index is 12.3. The Morgan fingerprint density at radius 3 is 2.88 bits per heavy atom. The van der Waals surface area contributed by atoms with Gasteiger partial charge in [-0.1, -0.05) is 35.7 Å². The Morgan fingerprint density at radius 1 is 1.50 bits per heavy atom. The quantitative estimate of drug-likeness (QED) is 0.738. The van der Waals surface area contributed by atoms with E-state index < -0.39 is 6.43 Å². The Bertz CT molecular complexity index is 432. The smallest absolute Gasteiger partial charge is 0.263 e. The number of hydrogen-bond donors (Lipinski definition) is 0. The lowest BCUT2D eigenvalue weighted by Gasteiger charge is -1.98. The van der Waals surface area contributed by atoms with Crippen LogP contribution < -0.4 is 0 Å². The van der Waals surface area contributed by atoms with Gasteiger partial charge in [0.05, 0.1) is 5.75 Å². The number of thioether (sulfide) groups is 1. The molecule has 84 valence electrons. The molecule has 0 saturated heterocycles. The van der Waals surface area contributed by atoms with Crippen LogP contribution in [0.25, 0.3) is 0 Å². The van der Waals surface area contributed by atoms with Gasteiger partial charge in [0.1, 0.15) is 0 Å². The first-order valence-corrected chi connectivity index (χ1v) is 5.58. The van der Waals surface area contributed by atoms with E-state index in [-0.39, 0.29) is 10.7 Å². The molecule has 0 bridgehead atoms. The second-order valence-electron chi connectivity index (χ2n) is 3.01. The van der Waals surface area contributed by atoms with Gasteiger partial charge in [0.15, 0.2) is 5.12 Å². The molecule has 0 N–H and O–H groups in total. The normalized spacial score (nSPS) is 9.75. The van der Waals surface area contributed by atoms with Crippen molar-refractivity contribution in [3.05, 3.63) is 35.4 Å². The number of benzene rings is 1. The van der Waals surface area contributed by atoms with Crippen molar-refractivity contribution < 1.29 is 13.6 Å². The fraction of sp³-hybridized carbons (Fsp3) is 0.250. The van der Waals surface area contributed by atoms with E-state index in [0.717, 1.165) is 11.8 Å². The summed E-state index contributed by atoms with van der Waals surface area (Å²) in [6, 6.07) is 5.93. The molecular weight excluding hydrogens is 230 g/mol. The van der Waals surface area contributed by atoms with Crippen LogP contribution in [0.4, 0.5) is 8.78 Å². The van der Waals surface area contributed by atoms with Crippen LogP contribution in [0, 0.1) is 11.8 Å². The monoisotopic (exact) mass is 240 g/mol. The average Bonchev–Trinajstić information content (AvgIpc) is 2.24. The van der Waals surface area contributed by atoms with Crippen molar-refractivity contribution in [1.82, 2.24) is 0 Å². The summed E-state index contributed by atoms with van der Waals surface area (Å²) in [6.45, 7) is 1.46. The number of alkyl halides is 2. The molecule has 0 heterocycles. The Kier molecular flexibility index (Phi) is 5.00. The van der Waals surface area contributed by atoms with Gasteiger partial charge in [0.2, 0.25) is 0 Å². The molecule has 0 spiro atoms. The van der Waals surface area contributed by atoms with Crippen molar-refractivity contribution in [2.45, 2.75) is 13.3 Å². The maximum atomic E-state index is 12.3. The van der Waals surface area contributed by atoms with Crippen molar-refractivity contribution in [3.8, 4) is 11.8 Å². The molecule has 0 aliphatic rings. The van der Waals surface area contributed by atoms with Crippen molar-refractivity contribution in [2.24, 2.45) is 0 Å². The van der Waals surface area contributed by atoms with Gasteiger partial charge in [-0.05, 0) is 12.1 Å². The number of carbonyl (C=O) groups excluding carboxylic acids is 1. The molecule has 0 aliphatic heterocycles. The molecule has 1 aromatic carbocycles. The first-order chi connectivity index (χ1) is 7.59. The zero-order valence-corrected chi connectivity index (χ0v) is 9.48. The lowest BCUT2D eigenvalue weighted by molar-refractivity contribution is -0.109. The van der Waals surface area contributed by atoms with Crippen LogP contribution in [0.15, 0.2) is 24.3 Å². The molecule has 16 heavy (non-hydrogen) atoms. The second kappa shape index (κ2) is 6.29. The molecular formula is C12H10F2OS. The van der Waals surface area contributed by atoms with E-state index in [1.165, 1.54) is 19.1 Å². The summed E-state index contributed by atoms with van der Waals surface area (Å²) in [5, 5.41) is -0.00405. The summed E-state index contributed by atoms with van der Waals surface area (Å²) in [5.74, 6) is 5.87. The van der Waals surface area contributed by atoms with Crippen molar-refractivity contribution in [3.63, 3.8) is 0 Å². The molecule has 1 aromatic rings. The van der Waals surface area contributed by atoms with E-state index in [4.69, 9.17) is 0 Å². The molecule has 1 rings (SSSR count). The number of halogens is 2. The highest BCUT2D eigenvalue weighted by Crippen LogP contribution is 2.18. The zero-order chi connectivity index (χ0) is 12.0. The minimum atomic E-state index is -2.48. The highest BCUT2D eigenvalue weighted by Gasteiger charge is 2.05. The lowest BCUT2D eigenvalue weighted by atomic mass is 10.1. The fourth-order valence-corrected chi connectivity index (χ4v) is 1.38. The van der Waals surface area contributed by atoms with Gasteiger partial charge in [0, 0.05) is 18.1 Å². The number of hydrogen-bond acceptors (Lipinski definition) is 2. The Labute approximate surface area is 97.2 Å². The van der Waals surface area contributed by atoms with Gasteiger partial charge in [-0.15, -0.1) is 0 Å². The third-order valence-corrected chi connectivity index (χ3v) is 2.41. The largest absolute Gasteiger partial charge is 0.288 e. The maximum Gasteiger partial charge on any atom is 0.263 e. The predicted molar refractivity (Wildman–Crippen MR) is 61.4 cm³/mol. The second-order valence-corrected chi connectivity index (χ2v) is 4.16. The number of carbonyl (C=O) groups is 1. The zero-order valence-electron chi connectivity index (χ0n) is 8.67. The average molecular weight is 240 g/mol. The van der Waals surface area contributed by atoms with Crippen LogP contribution in [0.3, 0.4) is 0 Å². The predicted octanol–water partition coefficient (Wildman–Crippen LogP) is 3.26. The highest BCUT2D eigenvalue weighted by atomic mass is 32.2. The van der Waals surface area contributed by atoms with Crippen molar-refractivity contribution in [2.75, 3.05) is 5.75 Å². The Morgan fingerprint density at radius 2 is 2.25 bits per heavy atom. The van der Waals surface area contributed by atoms with Crippen molar-refractivity contribution in [1.29, 1.82) is 0 Å². The minimum Gasteiger partial charge on any atom is -0.288 e. The molecule has 0 saturated carbocycles. The van der Waals surface area contributed by atoms with E-state index in [0.29, 0.717) is 11.3 Å². The molecule has 0 aromatic heterocycles. The lowest BCUT2D eigenvalue weighted by Crippen LogP contribution is -1.85. The van der Waals surface area contributed by atoms with Gasteiger partial charge in [0.25, 0.3) is 6.43 Å². The summed E-state index contributed by atoms with van der Waals surface area (Å²) in [7, 11) is 0. The topological polar surface area (TPSA) is 17.1 Å². The van der Waals surface area contributed by atoms with E-state index in [9.17, 15) is 13.6 Å². The fourth-order valence-electron chi connectivity index (χ4n) is 1.03. The van der Waals surface area contributed by atoms with E-state index >= 15 is 0 Å². The summed E-state index contributed by atoms with van der Waals surface area (Å²) >= 11 is 1.10. The third kappa shape index (κ3) is 4.45. The van der Waals surface area contributed by atoms with Gasteiger partial charge in [-0.25, -0.2) is 8.78 Å². The molecule has 0 aliphatic carbocycles. The summed E-state index contributed by atoms with van der Waals surface area (Å²) in [6.07, 6.45) is -2.48. The molecule has 4 heteroatoms. The van der Waals surface area contributed by atoms with E-state index in [1.54, 1.807) is 12.1 Å². The van der Waals surface area contributed by atoms with Crippen LogP contribution in [-0.4, -0.2) is 10.9 Å². The van der Waals surface area contributed by atoms with Gasteiger partial charge < -0.3 is 0 Å².